The van der Waals surface area contributed by atoms with Crippen LogP contribution in [0.1, 0.15) is 63.3 Å². The van der Waals surface area contributed by atoms with E-state index in [0.29, 0.717) is 24.7 Å². The van der Waals surface area contributed by atoms with Gasteiger partial charge in [0.15, 0.2) is 17.6 Å². The van der Waals surface area contributed by atoms with Gasteiger partial charge in [0, 0.05) is 0 Å². The van der Waals surface area contributed by atoms with Gasteiger partial charge in [0.1, 0.15) is 5.75 Å². The predicted octanol–water partition coefficient (Wildman–Crippen LogP) is 5.01. The van der Waals surface area contributed by atoms with Crippen LogP contribution in [0.2, 0.25) is 0 Å². The Kier molecular flexibility index (Phi) is 7.61. The van der Waals surface area contributed by atoms with Crippen LogP contribution in [0.25, 0.3) is 0 Å². The highest BCUT2D eigenvalue weighted by Crippen LogP contribution is 2.32. The molecule has 0 saturated carbocycles. The Morgan fingerprint density at radius 3 is 2.47 bits per heavy atom. The first kappa shape index (κ1) is 22.0. The van der Waals surface area contributed by atoms with Crippen molar-refractivity contribution in [2.24, 2.45) is 0 Å². The maximum atomic E-state index is 12.8. The molecule has 2 aromatic rings. The molecule has 5 nitrogen and oxygen atoms in total. The zero-order chi connectivity index (χ0) is 21.5. The average Bonchev–Trinajstić information content (AvgIpc) is 2.75. The van der Waals surface area contributed by atoms with Crippen molar-refractivity contribution in [2.45, 2.75) is 65.5 Å². The molecule has 30 heavy (non-hydrogen) atoms. The van der Waals surface area contributed by atoms with E-state index in [2.05, 4.69) is 11.4 Å². The molecule has 162 valence electrons. The monoisotopic (exact) mass is 411 g/mol. The van der Waals surface area contributed by atoms with Crippen LogP contribution in [0.5, 0.6) is 17.2 Å². The minimum Gasteiger partial charge on any atom is -0.490 e. The van der Waals surface area contributed by atoms with E-state index in [0.717, 1.165) is 24.2 Å². The minimum absolute atomic E-state index is 0.136. The summed E-state index contributed by atoms with van der Waals surface area (Å²) in [4.78, 5) is 12.8. The third kappa shape index (κ3) is 5.26. The highest BCUT2D eigenvalue weighted by Gasteiger charge is 2.21. The van der Waals surface area contributed by atoms with E-state index >= 15 is 0 Å². The molecule has 0 bridgehead atoms. The number of amides is 1. The van der Waals surface area contributed by atoms with E-state index in [1.807, 2.05) is 51.1 Å². The molecule has 1 aliphatic carbocycles. The zero-order valence-corrected chi connectivity index (χ0v) is 18.5. The van der Waals surface area contributed by atoms with Gasteiger partial charge in [0.25, 0.3) is 5.91 Å². The summed E-state index contributed by atoms with van der Waals surface area (Å²) in [5.41, 5.74) is 3.56. The summed E-state index contributed by atoms with van der Waals surface area (Å²) in [5.74, 6) is 2.11. The van der Waals surface area contributed by atoms with E-state index < -0.39 is 6.10 Å². The Bertz CT molecular complexity index is 864. The molecule has 0 saturated heterocycles. The lowest BCUT2D eigenvalue weighted by atomic mass is 9.91. The molecule has 2 atom stereocenters. The van der Waals surface area contributed by atoms with Gasteiger partial charge in [0.05, 0.1) is 19.3 Å². The SMILES string of the molecule is CCOc1ccc(C(C)NC(=O)C(C)Oc2cccc3c2CCCC3)cc1OCC. The van der Waals surface area contributed by atoms with Crippen molar-refractivity contribution < 1.29 is 19.0 Å². The number of ether oxygens (including phenoxy) is 3. The topological polar surface area (TPSA) is 56.8 Å². The fourth-order valence-electron chi connectivity index (χ4n) is 3.85. The van der Waals surface area contributed by atoms with E-state index in [4.69, 9.17) is 14.2 Å². The maximum absolute atomic E-state index is 12.8. The number of nitrogens with one attached hydrogen (secondary N) is 1. The van der Waals surface area contributed by atoms with E-state index in [1.165, 1.54) is 24.0 Å². The minimum atomic E-state index is -0.574. The van der Waals surface area contributed by atoms with Gasteiger partial charge in [-0.25, -0.2) is 0 Å². The number of aryl methyl sites for hydroxylation is 1. The first-order valence-electron chi connectivity index (χ1n) is 11.0. The van der Waals surface area contributed by atoms with Gasteiger partial charge in [-0.05, 0) is 88.3 Å². The molecule has 0 aromatic heterocycles. The molecular weight excluding hydrogens is 378 g/mol. The third-order valence-electron chi connectivity index (χ3n) is 5.45. The van der Waals surface area contributed by atoms with Gasteiger partial charge < -0.3 is 19.5 Å². The molecule has 3 rings (SSSR count). The number of benzene rings is 2. The smallest absolute Gasteiger partial charge is 0.261 e. The molecule has 0 spiro atoms. The summed E-state index contributed by atoms with van der Waals surface area (Å²) >= 11 is 0. The number of fused-ring (bicyclic) bond motifs is 1. The molecule has 0 fully saturated rings. The molecule has 2 unspecified atom stereocenters. The van der Waals surface area contributed by atoms with Crippen LogP contribution >= 0.6 is 0 Å². The summed E-state index contributed by atoms with van der Waals surface area (Å²) in [5, 5.41) is 3.06. The second kappa shape index (κ2) is 10.4. The largest absolute Gasteiger partial charge is 0.490 e. The van der Waals surface area contributed by atoms with Gasteiger partial charge in [-0.1, -0.05) is 18.2 Å². The maximum Gasteiger partial charge on any atom is 0.261 e. The number of carbonyl (C=O) groups excluding carboxylic acids is 1. The second-order valence-corrected chi connectivity index (χ2v) is 7.66. The summed E-state index contributed by atoms with van der Waals surface area (Å²) in [7, 11) is 0. The molecule has 1 N–H and O–H groups in total. The van der Waals surface area contributed by atoms with Crippen LogP contribution in [-0.4, -0.2) is 25.2 Å². The lowest BCUT2D eigenvalue weighted by Gasteiger charge is -2.23. The lowest BCUT2D eigenvalue weighted by Crippen LogP contribution is -2.38. The molecule has 2 aromatic carbocycles. The Balaban J connectivity index is 1.66. The molecule has 1 amide bonds. The number of rotatable bonds is 9. The number of hydrogen-bond donors (Lipinski definition) is 1. The summed E-state index contributed by atoms with van der Waals surface area (Å²) in [6.45, 7) is 8.77. The molecule has 0 radical (unpaired) electrons. The lowest BCUT2D eigenvalue weighted by molar-refractivity contribution is -0.127. The van der Waals surface area contributed by atoms with E-state index in [1.54, 1.807) is 6.92 Å². The highest BCUT2D eigenvalue weighted by molar-refractivity contribution is 5.81. The van der Waals surface area contributed by atoms with Crippen molar-refractivity contribution in [3.8, 4) is 17.2 Å². The molecule has 0 heterocycles. The van der Waals surface area contributed by atoms with Crippen LogP contribution in [0.4, 0.5) is 0 Å². The first-order chi connectivity index (χ1) is 14.5. The van der Waals surface area contributed by atoms with Crippen molar-refractivity contribution in [1.29, 1.82) is 0 Å². The van der Waals surface area contributed by atoms with Gasteiger partial charge in [-0.3, -0.25) is 4.79 Å². The Morgan fingerprint density at radius 1 is 0.967 bits per heavy atom. The van der Waals surface area contributed by atoms with Gasteiger partial charge in [0.2, 0.25) is 0 Å². The van der Waals surface area contributed by atoms with Crippen LogP contribution in [0.15, 0.2) is 36.4 Å². The van der Waals surface area contributed by atoms with Crippen molar-refractivity contribution in [3.63, 3.8) is 0 Å². The Hall–Kier alpha value is -2.69. The van der Waals surface area contributed by atoms with Crippen molar-refractivity contribution in [1.82, 2.24) is 5.32 Å². The standard InChI is InChI=1S/C25H33NO4/c1-5-28-23-15-14-20(16-24(23)29-6-2)17(3)26-25(27)18(4)30-22-13-9-11-19-10-7-8-12-21(19)22/h9,11,13-18H,5-8,10,12H2,1-4H3,(H,26,27). The van der Waals surface area contributed by atoms with Crippen molar-refractivity contribution in [3.05, 3.63) is 53.1 Å². The predicted molar refractivity (Wildman–Crippen MR) is 119 cm³/mol. The Morgan fingerprint density at radius 2 is 1.70 bits per heavy atom. The normalized spacial score (nSPS) is 14.9. The second-order valence-electron chi connectivity index (χ2n) is 7.66. The summed E-state index contributed by atoms with van der Waals surface area (Å²) < 4.78 is 17.4. The number of carbonyl (C=O) groups is 1. The molecule has 5 heteroatoms. The number of hydrogen-bond acceptors (Lipinski definition) is 4. The quantitative estimate of drug-likeness (QED) is 0.630. The average molecular weight is 412 g/mol. The van der Waals surface area contributed by atoms with Crippen molar-refractivity contribution in [2.75, 3.05) is 13.2 Å². The molecule has 0 aliphatic heterocycles. The molecule has 1 aliphatic rings. The van der Waals surface area contributed by atoms with Crippen LogP contribution in [0, 0.1) is 0 Å². The van der Waals surface area contributed by atoms with E-state index in [-0.39, 0.29) is 11.9 Å². The van der Waals surface area contributed by atoms with E-state index in [9.17, 15) is 4.79 Å². The van der Waals surface area contributed by atoms with Gasteiger partial charge in [-0.15, -0.1) is 0 Å². The molecular formula is C25H33NO4. The van der Waals surface area contributed by atoms with Gasteiger partial charge in [-0.2, -0.15) is 0 Å². The van der Waals surface area contributed by atoms with Crippen LogP contribution < -0.4 is 19.5 Å². The van der Waals surface area contributed by atoms with Crippen LogP contribution in [0.3, 0.4) is 0 Å². The van der Waals surface area contributed by atoms with Crippen molar-refractivity contribution >= 4 is 5.91 Å². The summed E-state index contributed by atoms with van der Waals surface area (Å²) in [6.07, 6.45) is 3.92. The van der Waals surface area contributed by atoms with Gasteiger partial charge >= 0.3 is 0 Å². The van der Waals surface area contributed by atoms with Crippen LogP contribution in [-0.2, 0) is 17.6 Å². The highest BCUT2D eigenvalue weighted by atomic mass is 16.5. The fraction of sp³-hybridized carbons (Fsp3) is 0.480. The fourth-order valence-corrected chi connectivity index (χ4v) is 3.85. The summed E-state index contributed by atoms with van der Waals surface area (Å²) in [6, 6.07) is 11.7. The Labute approximate surface area is 179 Å². The first-order valence-corrected chi connectivity index (χ1v) is 11.0. The third-order valence-corrected chi connectivity index (χ3v) is 5.45. The zero-order valence-electron chi connectivity index (χ0n) is 18.5.